The van der Waals surface area contributed by atoms with Crippen LogP contribution >= 0.6 is 0 Å². The topological polar surface area (TPSA) is 56.8 Å². The van der Waals surface area contributed by atoms with Crippen LogP contribution in [0.1, 0.15) is 35.3 Å². The minimum atomic E-state index is -0.207. The van der Waals surface area contributed by atoms with Crippen molar-refractivity contribution in [1.29, 1.82) is 0 Å². The molecule has 0 saturated heterocycles. The number of hydrogen-bond acceptors (Lipinski definition) is 4. The average Bonchev–Trinajstić information content (AvgIpc) is 2.94. The van der Waals surface area contributed by atoms with Crippen molar-refractivity contribution in [2.45, 2.75) is 32.5 Å². The van der Waals surface area contributed by atoms with Crippen molar-refractivity contribution in [2.24, 2.45) is 0 Å². The van der Waals surface area contributed by atoms with E-state index in [2.05, 4.69) is 25.2 Å². The lowest BCUT2D eigenvalue weighted by Crippen LogP contribution is -2.29. The second-order valence-electron chi connectivity index (χ2n) is 6.98. The summed E-state index contributed by atoms with van der Waals surface area (Å²) in [6.07, 6.45) is 0.868. The number of amides is 1. The van der Waals surface area contributed by atoms with E-state index in [4.69, 9.17) is 14.2 Å². The summed E-state index contributed by atoms with van der Waals surface area (Å²) in [6, 6.07) is 13.4. The van der Waals surface area contributed by atoms with Crippen molar-refractivity contribution in [1.82, 2.24) is 5.32 Å². The van der Waals surface area contributed by atoms with E-state index >= 15 is 0 Å². The largest absolute Gasteiger partial charge is 0.488 e. The summed E-state index contributed by atoms with van der Waals surface area (Å²) in [7, 11) is 1.62. The molecule has 26 heavy (non-hydrogen) atoms. The highest BCUT2D eigenvalue weighted by atomic mass is 16.5. The van der Waals surface area contributed by atoms with Gasteiger partial charge in [0.25, 0.3) is 5.91 Å². The molecular weight excluding hydrogens is 330 g/mol. The van der Waals surface area contributed by atoms with E-state index in [-0.39, 0.29) is 11.5 Å². The Morgan fingerprint density at radius 2 is 2.00 bits per heavy atom. The highest BCUT2D eigenvalue weighted by Crippen LogP contribution is 2.41. The third kappa shape index (κ3) is 4.17. The van der Waals surface area contributed by atoms with Crippen molar-refractivity contribution in [3.8, 4) is 11.5 Å². The van der Waals surface area contributed by atoms with Crippen LogP contribution in [0.25, 0.3) is 0 Å². The Morgan fingerprint density at radius 3 is 2.81 bits per heavy atom. The third-order valence-corrected chi connectivity index (χ3v) is 4.26. The number of rotatable bonds is 7. The molecule has 5 heteroatoms. The molecule has 0 aromatic heterocycles. The molecular formula is C21H25NO4. The molecule has 0 fully saturated rings. The van der Waals surface area contributed by atoms with Crippen LogP contribution in [-0.4, -0.2) is 31.8 Å². The number of fused-ring (bicyclic) bond motifs is 1. The molecule has 1 aliphatic heterocycles. The van der Waals surface area contributed by atoms with Gasteiger partial charge in [0.2, 0.25) is 0 Å². The van der Waals surface area contributed by atoms with E-state index in [1.54, 1.807) is 13.2 Å². The van der Waals surface area contributed by atoms with Crippen molar-refractivity contribution in [3.63, 3.8) is 0 Å². The number of methoxy groups -OCH3 is 1. The maximum atomic E-state index is 12.4. The number of benzene rings is 2. The molecule has 1 amide bonds. The number of hydrogen-bond donors (Lipinski definition) is 1. The molecule has 0 saturated carbocycles. The highest BCUT2D eigenvalue weighted by molar-refractivity contribution is 5.95. The van der Waals surface area contributed by atoms with Gasteiger partial charge in [-0.05, 0) is 31.5 Å². The zero-order chi connectivity index (χ0) is 18.6. The first-order chi connectivity index (χ1) is 12.5. The van der Waals surface area contributed by atoms with Crippen LogP contribution in [0.4, 0.5) is 0 Å². The summed E-state index contributed by atoms with van der Waals surface area (Å²) < 4.78 is 17.0. The number of nitrogens with one attached hydrogen (secondary N) is 1. The summed E-state index contributed by atoms with van der Waals surface area (Å²) in [5.41, 5.74) is 2.44. The van der Waals surface area contributed by atoms with Crippen molar-refractivity contribution in [2.75, 3.05) is 20.3 Å². The normalized spacial score (nSPS) is 14.4. The first-order valence-electron chi connectivity index (χ1n) is 8.79. The average molecular weight is 355 g/mol. The standard InChI is InChI=1S/C21H25NO4/c1-21(2)13-15-8-6-10-18(19(15)26-21)25-12-11-22-20(23)17-9-5-4-7-16(17)14-24-3/h4-10H,11-14H2,1-3H3,(H,22,23). The van der Waals surface area contributed by atoms with Gasteiger partial charge in [0.15, 0.2) is 11.5 Å². The molecule has 2 aromatic carbocycles. The lowest BCUT2D eigenvalue weighted by atomic mass is 10.0. The van der Waals surface area contributed by atoms with Crippen LogP contribution in [-0.2, 0) is 17.8 Å². The van der Waals surface area contributed by atoms with Gasteiger partial charge in [-0.15, -0.1) is 0 Å². The Kier molecular flexibility index (Phi) is 5.47. The van der Waals surface area contributed by atoms with Crippen LogP contribution in [0.15, 0.2) is 42.5 Å². The fraction of sp³-hybridized carbons (Fsp3) is 0.381. The Morgan fingerprint density at radius 1 is 1.19 bits per heavy atom. The van der Waals surface area contributed by atoms with Gasteiger partial charge in [0.05, 0.1) is 13.2 Å². The number of carbonyl (C=O) groups is 1. The first kappa shape index (κ1) is 18.3. The molecule has 0 aliphatic carbocycles. The Hall–Kier alpha value is -2.53. The number of para-hydroxylation sites is 1. The number of carbonyl (C=O) groups excluding carboxylic acids is 1. The smallest absolute Gasteiger partial charge is 0.251 e. The van der Waals surface area contributed by atoms with E-state index in [1.807, 2.05) is 30.3 Å². The summed E-state index contributed by atoms with van der Waals surface area (Å²) in [5, 5.41) is 2.89. The monoisotopic (exact) mass is 355 g/mol. The van der Waals surface area contributed by atoms with Gasteiger partial charge in [-0.2, -0.15) is 0 Å². The second kappa shape index (κ2) is 7.79. The van der Waals surface area contributed by atoms with Gasteiger partial charge in [0.1, 0.15) is 12.2 Å². The second-order valence-corrected chi connectivity index (χ2v) is 6.98. The lowest BCUT2D eigenvalue weighted by Gasteiger charge is -2.18. The minimum absolute atomic E-state index is 0.128. The molecule has 1 heterocycles. The van der Waals surface area contributed by atoms with E-state index in [9.17, 15) is 4.79 Å². The van der Waals surface area contributed by atoms with Crippen molar-refractivity contribution in [3.05, 3.63) is 59.2 Å². The Bertz CT molecular complexity index is 785. The predicted molar refractivity (Wildman–Crippen MR) is 99.8 cm³/mol. The molecule has 1 aliphatic rings. The zero-order valence-electron chi connectivity index (χ0n) is 15.5. The first-order valence-corrected chi connectivity index (χ1v) is 8.79. The summed E-state index contributed by atoms with van der Waals surface area (Å²) in [6.45, 7) is 5.32. The summed E-state index contributed by atoms with van der Waals surface area (Å²) in [5.74, 6) is 1.41. The van der Waals surface area contributed by atoms with Gasteiger partial charge in [0, 0.05) is 24.7 Å². The molecule has 5 nitrogen and oxygen atoms in total. The molecule has 3 rings (SSSR count). The van der Waals surface area contributed by atoms with Crippen molar-refractivity contribution < 1.29 is 19.0 Å². The van der Waals surface area contributed by atoms with Gasteiger partial charge in [-0.1, -0.05) is 30.3 Å². The molecule has 2 aromatic rings. The zero-order valence-corrected chi connectivity index (χ0v) is 15.5. The molecule has 1 N–H and O–H groups in total. The van der Waals surface area contributed by atoms with Crippen molar-refractivity contribution >= 4 is 5.91 Å². The van der Waals surface area contributed by atoms with E-state index in [0.717, 1.165) is 29.0 Å². The lowest BCUT2D eigenvalue weighted by molar-refractivity contribution is 0.0941. The van der Waals surface area contributed by atoms with Gasteiger partial charge >= 0.3 is 0 Å². The molecule has 0 spiro atoms. The summed E-state index contributed by atoms with van der Waals surface area (Å²) in [4.78, 5) is 12.4. The number of ether oxygens (including phenoxy) is 3. The van der Waals surface area contributed by atoms with Crippen LogP contribution in [0.2, 0.25) is 0 Å². The molecule has 0 bridgehead atoms. The van der Waals surface area contributed by atoms with E-state index in [1.165, 1.54) is 0 Å². The van der Waals surface area contributed by atoms with E-state index in [0.29, 0.717) is 25.3 Å². The highest BCUT2D eigenvalue weighted by Gasteiger charge is 2.32. The molecule has 0 radical (unpaired) electrons. The Labute approximate surface area is 154 Å². The van der Waals surface area contributed by atoms with Crippen LogP contribution < -0.4 is 14.8 Å². The fourth-order valence-corrected chi connectivity index (χ4v) is 3.14. The van der Waals surface area contributed by atoms with E-state index < -0.39 is 0 Å². The Balaban J connectivity index is 1.54. The third-order valence-electron chi connectivity index (χ3n) is 4.26. The van der Waals surface area contributed by atoms with Gasteiger partial charge in [-0.3, -0.25) is 4.79 Å². The molecule has 0 unspecified atom stereocenters. The quantitative estimate of drug-likeness (QED) is 0.774. The predicted octanol–water partition coefficient (Wildman–Crippen LogP) is 3.36. The van der Waals surface area contributed by atoms with Crippen LogP contribution in [0.3, 0.4) is 0 Å². The van der Waals surface area contributed by atoms with Crippen LogP contribution in [0, 0.1) is 0 Å². The van der Waals surface area contributed by atoms with Crippen LogP contribution in [0.5, 0.6) is 11.5 Å². The summed E-state index contributed by atoms with van der Waals surface area (Å²) >= 11 is 0. The minimum Gasteiger partial charge on any atom is -0.488 e. The molecule has 0 atom stereocenters. The van der Waals surface area contributed by atoms with Gasteiger partial charge in [-0.25, -0.2) is 0 Å². The maximum Gasteiger partial charge on any atom is 0.251 e. The molecule has 138 valence electrons. The fourth-order valence-electron chi connectivity index (χ4n) is 3.14. The SMILES string of the molecule is COCc1ccccc1C(=O)NCCOc1cccc2c1OC(C)(C)C2. The van der Waals surface area contributed by atoms with Gasteiger partial charge < -0.3 is 19.5 Å². The maximum absolute atomic E-state index is 12.4.